The molecule has 1 aromatic rings. The second kappa shape index (κ2) is 5.12. The van der Waals surface area contributed by atoms with Crippen LogP contribution in [0.15, 0.2) is 36.9 Å². The molecule has 0 bridgehead atoms. The van der Waals surface area contributed by atoms with Gasteiger partial charge < -0.3 is 0 Å². The van der Waals surface area contributed by atoms with Gasteiger partial charge in [0, 0.05) is 16.2 Å². The molecule has 1 aliphatic heterocycles. The van der Waals surface area contributed by atoms with Crippen LogP contribution < -0.4 is 0 Å². The van der Waals surface area contributed by atoms with Crippen molar-refractivity contribution in [3.63, 3.8) is 0 Å². The van der Waals surface area contributed by atoms with Gasteiger partial charge in [0.15, 0.2) is 0 Å². The van der Waals surface area contributed by atoms with Crippen molar-refractivity contribution < 1.29 is 0 Å². The molecule has 2 rings (SSSR count). The predicted octanol–water partition coefficient (Wildman–Crippen LogP) is 3.61. The Balaban J connectivity index is 2.15. The van der Waals surface area contributed by atoms with E-state index in [4.69, 9.17) is 0 Å². The smallest absolute Gasteiger partial charge is 0.0351 e. The number of rotatable bonds is 3. The molecule has 0 amide bonds. The van der Waals surface area contributed by atoms with Gasteiger partial charge in [0.1, 0.15) is 0 Å². The summed E-state index contributed by atoms with van der Waals surface area (Å²) >= 11 is 2.35. The fraction of sp³-hybridized carbons (Fsp3) is 0.385. The molecule has 0 aromatic heterocycles. The number of hydrogen-bond acceptors (Lipinski definition) is 1. The molecule has 0 saturated carbocycles. The summed E-state index contributed by atoms with van der Waals surface area (Å²) in [5.41, 5.74) is 1.45. The van der Waals surface area contributed by atoms with Gasteiger partial charge in [-0.05, 0) is 59.7 Å². The van der Waals surface area contributed by atoms with E-state index in [1.807, 2.05) is 6.08 Å². The van der Waals surface area contributed by atoms with Gasteiger partial charge in [-0.1, -0.05) is 18.2 Å². The summed E-state index contributed by atoms with van der Waals surface area (Å²) in [7, 11) is 0. The highest BCUT2D eigenvalue weighted by Crippen LogP contribution is 2.31. The maximum Gasteiger partial charge on any atom is 0.0351 e. The van der Waals surface area contributed by atoms with E-state index in [2.05, 4.69) is 58.3 Å². The minimum atomic E-state index is 0.611. The standard InChI is InChI=1S/C13H16IN/c1-2-9-15-10-3-4-13(15)11-5-7-12(14)8-6-11/h2,5-8,13H,1,3-4,9-10H2. The second-order valence-corrected chi connectivity index (χ2v) is 5.24. The summed E-state index contributed by atoms with van der Waals surface area (Å²) < 4.78 is 1.31. The first-order valence-corrected chi connectivity index (χ1v) is 6.49. The molecule has 80 valence electrons. The molecule has 15 heavy (non-hydrogen) atoms. The van der Waals surface area contributed by atoms with Crippen LogP contribution in [0.1, 0.15) is 24.4 Å². The Morgan fingerprint density at radius 3 is 2.80 bits per heavy atom. The van der Waals surface area contributed by atoms with E-state index in [9.17, 15) is 0 Å². The van der Waals surface area contributed by atoms with E-state index in [0.717, 1.165) is 6.54 Å². The lowest BCUT2D eigenvalue weighted by Gasteiger charge is -2.23. The maximum absolute atomic E-state index is 3.82. The van der Waals surface area contributed by atoms with E-state index in [-0.39, 0.29) is 0 Å². The normalized spacial score (nSPS) is 21.8. The van der Waals surface area contributed by atoms with Gasteiger partial charge in [0.2, 0.25) is 0 Å². The van der Waals surface area contributed by atoms with E-state index in [1.54, 1.807) is 0 Å². The van der Waals surface area contributed by atoms with E-state index >= 15 is 0 Å². The highest BCUT2D eigenvalue weighted by atomic mass is 127. The first-order valence-electron chi connectivity index (χ1n) is 5.41. The fourth-order valence-electron chi connectivity index (χ4n) is 2.27. The molecular weight excluding hydrogens is 297 g/mol. The Hall–Kier alpha value is -0.350. The summed E-state index contributed by atoms with van der Waals surface area (Å²) in [5.74, 6) is 0. The SMILES string of the molecule is C=CCN1CCCC1c1ccc(I)cc1. The van der Waals surface area contributed by atoms with Crippen molar-refractivity contribution in [2.24, 2.45) is 0 Å². The molecular formula is C13H16IN. The molecule has 1 heterocycles. The topological polar surface area (TPSA) is 3.24 Å². The molecule has 0 N–H and O–H groups in total. The predicted molar refractivity (Wildman–Crippen MR) is 72.9 cm³/mol. The van der Waals surface area contributed by atoms with Gasteiger partial charge >= 0.3 is 0 Å². The van der Waals surface area contributed by atoms with Crippen LogP contribution in [0.2, 0.25) is 0 Å². The fourth-order valence-corrected chi connectivity index (χ4v) is 2.63. The van der Waals surface area contributed by atoms with Crippen LogP contribution in [-0.2, 0) is 0 Å². The zero-order valence-corrected chi connectivity index (χ0v) is 11.0. The highest BCUT2D eigenvalue weighted by Gasteiger charge is 2.24. The van der Waals surface area contributed by atoms with Crippen molar-refractivity contribution in [1.82, 2.24) is 4.90 Å². The van der Waals surface area contributed by atoms with Gasteiger partial charge in [-0.2, -0.15) is 0 Å². The van der Waals surface area contributed by atoms with Gasteiger partial charge in [0.05, 0.1) is 0 Å². The van der Waals surface area contributed by atoms with Crippen LogP contribution in [0.3, 0.4) is 0 Å². The Morgan fingerprint density at radius 1 is 1.40 bits per heavy atom. The van der Waals surface area contributed by atoms with Gasteiger partial charge in [-0.25, -0.2) is 0 Å². The zero-order valence-electron chi connectivity index (χ0n) is 8.82. The molecule has 0 spiro atoms. The third-order valence-corrected chi connectivity index (χ3v) is 3.70. The molecule has 1 nitrogen and oxygen atoms in total. The van der Waals surface area contributed by atoms with Gasteiger partial charge in [-0.15, -0.1) is 6.58 Å². The number of hydrogen-bond donors (Lipinski definition) is 0. The third-order valence-electron chi connectivity index (χ3n) is 2.98. The Labute approximate surface area is 105 Å². The van der Waals surface area contributed by atoms with Crippen LogP contribution in [0.25, 0.3) is 0 Å². The number of benzene rings is 1. The Bertz CT molecular complexity index is 331. The molecule has 0 radical (unpaired) electrons. The molecule has 2 heteroatoms. The largest absolute Gasteiger partial charge is 0.293 e. The summed E-state index contributed by atoms with van der Waals surface area (Å²) in [4.78, 5) is 2.51. The summed E-state index contributed by atoms with van der Waals surface area (Å²) in [5, 5.41) is 0. The van der Waals surface area contributed by atoms with Crippen molar-refractivity contribution in [2.75, 3.05) is 13.1 Å². The average molecular weight is 313 g/mol. The van der Waals surface area contributed by atoms with Gasteiger partial charge in [0.25, 0.3) is 0 Å². The van der Waals surface area contributed by atoms with E-state index < -0.39 is 0 Å². The Morgan fingerprint density at radius 2 is 2.13 bits per heavy atom. The number of halogens is 1. The lowest BCUT2D eigenvalue weighted by molar-refractivity contribution is 0.286. The van der Waals surface area contributed by atoms with Crippen molar-refractivity contribution in [2.45, 2.75) is 18.9 Å². The average Bonchev–Trinajstić information content (AvgIpc) is 2.68. The molecule has 1 atom stereocenters. The number of likely N-dealkylation sites (tertiary alicyclic amines) is 1. The van der Waals surface area contributed by atoms with Crippen molar-refractivity contribution in [1.29, 1.82) is 0 Å². The van der Waals surface area contributed by atoms with Crippen LogP contribution >= 0.6 is 22.6 Å². The molecule has 1 saturated heterocycles. The second-order valence-electron chi connectivity index (χ2n) is 3.99. The molecule has 1 aromatic carbocycles. The van der Waals surface area contributed by atoms with E-state index in [0.29, 0.717) is 6.04 Å². The number of nitrogens with zero attached hydrogens (tertiary/aromatic N) is 1. The quantitative estimate of drug-likeness (QED) is 0.609. The maximum atomic E-state index is 3.82. The molecule has 1 aliphatic rings. The van der Waals surface area contributed by atoms with Crippen LogP contribution in [0.4, 0.5) is 0 Å². The monoisotopic (exact) mass is 313 g/mol. The molecule has 0 aliphatic carbocycles. The lowest BCUT2D eigenvalue weighted by atomic mass is 10.0. The lowest BCUT2D eigenvalue weighted by Crippen LogP contribution is -2.23. The first-order chi connectivity index (χ1) is 7.31. The van der Waals surface area contributed by atoms with Gasteiger partial charge in [-0.3, -0.25) is 4.90 Å². The first kappa shape index (κ1) is 11.1. The van der Waals surface area contributed by atoms with Crippen LogP contribution in [0.5, 0.6) is 0 Å². The summed E-state index contributed by atoms with van der Waals surface area (Å²) in [6.45, 7) is 6.05. The Kier molecular flexibility index (Phi) is 3.81. The highest BCUT2D eigenvalue weighted by molar-refractivity contribution is 14.1. The van der Waals surface area contributed by atoms with E-state index in [1.165, 1.54) is 28.5 Å². The molecule has 1 fully saturated rings. The summed E-state index contributed by atoms with van der Waals surface area (Å²) in [6, 6.07) is 9.52. The zero-order chi connectivity index (χ0) is 10.7. The van der Waals surface area contributed by atoms with Crippen molar-refractivity contribution in [3.8, 4) is 0 Å². The van der Waals surface area contributed by atoms with Crippen LogP contribution in [0, 0.1) is 3.57 Å². The minimum Gasteiger partial charge on any atom is -0.293 e. The third kappa shape index (κ3) is 2.61. The van der Waals surface area contributed by atoms with Crippen LogP contribution in [-0.4, -0.2) is 18.0 Å². The van der Waals surface area contributed by atoms with Crippen molar-refractivity contribution >= 4 is 22.6 Å². The summed E-state index contributed by atoms with van der Waals surface area (Å²) in [6.07, 6.45) is 4.60. The van der Waals surface area contributed by atoms with Crippen molar-refractivity contribution in [3.05, 3.63) is 46.1 Å². The molecule has 1 unspecified atom stereocenters. The minimum absolute atomic E-state index is 0.611.